The van der Waals surface area contributed by atoms with Crippen LogP contribution in [0.4, 0.5) is 24.9 Å². The molecule has 2 aliphatic heterocycles. The molecule has 152 valence electrons. The van der Waals surface area contributed by atoms with E-state index < -0.39 is 23.5 Å². The van der Waals surface area contributed by atoms with Gasteiger partial charge in [0.2, 0.25) is 11.9 Å². The molecule has 1 amide bonds. The van der Waals surface area contributed by atoms with Crippen LogP contribution < -0.4 is 10.6 Å². The molecule has 2 N–H and O–H groups in total. The van der Waals surface area contributed by atoms with Gasteiger partial charge in [0.05, 0.1) is 12.2 Å². The van der Waals surface area contributed by atoms with E-state index in [4.69, 9.17) is 5.73 Å². The highest BCUT2D eigenvalue weighted by molar-refractivity contribution is 5.82. The number of benzene rings is 1. The quantitative estimate of drug-likeness (QED) is 0.850. The number of anilines is 2. The third-order valence-corrected chi connectivity index (χ3v) is 5.21. The van der Waals surface area contributed by atoms with E-state index in [1.165, 1.54) is 17.1 Å². The molecule has 1 fully saturated rings. The van der Waals surface area contributed by atoms with Gasteiger partial charge in [0.25, 0.3) is 0 Å². The molecule has 0 unspecified atom stereocenters. The number of hydrogen-bond acceptors (Lipinski definition) is 6. The van der Waals surface area contributed by atoms with Crippen LogP contribution >= 0.6 is 0 Å². The van der Waals surface area contributed by atoms with Gasteiger partial charge in [-0.25, -0.2) is 23.2 Å². The van der Waals surface area contributed by atoms with Crippen LogP contribution in [0.25, 0.3) is 0 Å². The normalized spacial score (nSPS) is 19.8. The average Bonchev–Trinajstić information content (AvgIpc) is 3.19. The van der Waals surface area contributed by atoms with Crippen molar-refractivity contribution >= 4 is 23.9 Å². The Morgan fingerprint density at radius 1 is 1.10 bits per heavy atom. The molecule has 1 atom stereocenters. The Kier molecular flexibility index (Phi) is 5.08. The Hall–Kier alpha value is -3.17. The van der Waals surface area contributed by atoms with Gasteiger partial charge < -0.3 is 10.6 Å². The fourth-order valence-electron chi connectivity index (χ4n) is 3.71. The number of nitrogens with zero attached hydrogens (tertiary/aromatic N) is 5. The minimum Gasteiger partial charge on any atom is -0.381 e. The minimum atomic E-state index is -0.689. The maximum Gasteiger partial charge on any atom is 0.246 e. The number of hydrogen-bond donors (Lipinski definition) is 1. The number of nitrogen functional groups attached to an aromatic ring is 1. The van der Waals surface area contributed by atoms with Crippen molar-refractivity contribution in [2.24, 2.45) is 11.0 Å². The Morgan fingerprint density at radius 2 is 1.79 bits per heavy atom. The number of nitrogens with two attached hydrogens (primary N) is 1. The molecule has 3 heterocycles. The van der Waals surface area contributed by atoms with E-state index in [9.17, 15) is 18.0 Å². The number of hydrazone groups is 1. The molecule has 29 heavy (non-hydrogen) atoms. The molecule has 0 aliphatic carbocycles. The van der Waals surface area contributed by atoms with Crippen LogP contribution in [-0.4, -0.2) is 40.2 Å². The lowest BCUT2D eigenvalue weighted by Gasteiger charge is -2.33. The van der Waals surface area contributed by atoms with Crippen LogP contribution in [0.1, 0.15) is 30.9 Å². The van der Waals surface area contributed by atoms with Gasteiger partial charge in [-0.2, -0.15) is 10.1 Å². The van der Waals surface area contributed by atoms with Gasteiger partial charge in [-0.05, 0) is 30.5 Å². The second-order valence-electron chi connectivity index (χ2n) is 7.10. The zero-order chi connectivity index (χ0) is 20.5. The smallest absolute Gasteiger partial charge is 0.246 e. The Balaban J connectivity index is 1.43. The van der Waals surface area contributed by atoms with E-state index in [0.29, 0.717) is 43.9 Å². The van der Waals surface area contributed by atoms with E-state index in [-0.39, 0.29) is 17.6 Å². The molecule has 0 spiro atoms. The molecule has 0 saturated carbocycles. The summed E-state index contributed by atoms with van der Waals surface area (Å²) in [7, 11) is 0. The largest absolute Gasteiger partial charge is 0.381 e. The van der Waals surface area contributed by atoms with Gasteiger partial charge in [-0.1, -0.05) is 0 Å². The summed E-state index contributed by atoms with van der Waals surface area (Å²) in [6, 6.07) is 2.72. The molecular formula is C19H19F3N6O. The van der Waals surface area contributed by atoms with Crippen LogP contribution in [0.5, 0.6) is 0 Å². The maximum absolute atomic E-state index is 13.6. The Labute approximate surface area is 165 Å². The molecule has 1 aromatic heterocycles. The Morgan fingerprint density at radius 3 is 2.45 bits per heavy atom. The van der Waals surface area contributed by atoms with Crippen LogP contribution in [-0.2, 0) is 4.79 Å². The van der Waals surface area contributed by atoms with Gasteiger partial charge in [0.15, 0.2) is 11.6 Å². The second-order valence-corrected chi connectivity index (χ2v) is 7.10. The molecule has 4 rings (SSSR count). The summed E-state index contributed by atoms with van der Waals surface area (Å²) in [5, 5.41) is 5.46. The summed E-state index contributed by atoms with van der Waals surface area (Å²) in [6.45, 7) is 0.997. The first-order chi connectivity index (χ1) is 13.9. The summed E-state index contributed by atoms with van der Waals surface area (Å²) >= 11 is 0. The van der Waals surface area contributed by atoms with Gasteiger partial charge in [-0.3, -0.25) is 4.79 Å². The zero-order valence-electron chi connectivity index (χ0n) is 15.4. The van der Waals surface area contributed by atoms with E-state index >= 15 is 0 Å². The predicted molar refractivity (Wildman–Crippen MR) is 100 cm³/mol. The summed E-state index contributed by atoms with van der Waals surface area (Å²) in [5.41, 5.74) is 5.87. The molecular weight excluding hydrogens is 385 g/mol. The lowest BCUT2D eigenvalue weighted by Crippen LogP contribution is -2.41. The van der Waals surface area contributed by atoms with Crippen molar-refractivity contribution in [3.8, 4) is 0 Å². The third kappa shape index (κ3) is 3.87. The first-order valence-electron chi connectivity index (χ1n) is 9.27. The maximum atomic E-state index is 13.6. The van der Waals surface area contributed by atoms with Crippen molar-refractivity contribution in [3.05, 3.63) is 47.4 Å². The molecule has 0 radical (unpaired) electrons. The number of halogens is 3. The summed E-state index contributed by atoms with van der Waals surface area (Å²) in [5.74, 6) is -2.43. The highest BCUT2D eigenvalue weighted by atomic mass is 19.1. The van der Waals surface area contributed by atoms with Crippen molar-refractivity contribution in [1.82, 2.24) is 15.0 Å². The summed E-state index contributed by atoms with van der Waals surface area (Å²) in [6.07, 6.45) is 4.05. The van der Waals surface area contributed by atoms with E-state index in [2.05, 4.69) is 15.1 Å². The zero-order valence-corrected chi connectivity index (χ0v) is 15.4. The Bertz CT molecular complexity index is 941. The van der Waals surface area contributed by atoms with Crippen LogP contribution in [0.2, 0.25) is 0 Å². The minimum absolute atomic E-state index is 0.187. The lowest BCUT2D eigenvalue weighted by atomic mass is 9.94. The number of aromatic nitrogens is 2. The summed E-state index contributed by atoms with van der Waals surface area (Å²) < 4.78 is 40.4. The van der Waals surface area contributed by atoms with Crippen molar-refractivity contribution in [2.45, 2.75) is 25.3 Å². The fourth-order valence-corrected chi connectivity index (χ4v) is 3.71. The number of carbonyl (C=O) groups is 1. The standard InChI is InChI=1S/C19H19F3N6O/c20-13-7-12(8-14(21)9-13)16-1-4-25-28(16)18(29)11-2-5-27(6-3-11)19-24-10-15(22)17(23)26-19/h4,7-11,16H,1-3,5-6H2,(H2,23,24,26)/t16-/m0/s1. The topological polar surface area (TPSA) is 87.7 Å². The average molecular weight is 404 g/mol. The van der Waals surface area contributed by atoms with E-state index in [1.54, 1.807) is 6.21 Å². The second kappa shape index (κ2) is 7.69. The summed E-state index contributed by atoms with van der Waals surface area (Å²) in [4.78, 5) is 22.7. The highest BCUT2D eigenvalue weighted by Crippen LogP contribution is 2.33. The van der Waals surface area contributed by atoms with Gasteiger partial charge in [0.1, 0.15) is 11.6 Å². The number of amides is 1. The van der Waals surface area contributed by atoms with Crippen molar-refractivity contribution < 1.29 is 18.0 Å². The van der Waals surface area contributed by atoms with Crippen LogP contribution in [0.3, 0.4) is 0 Å². The fraction of sp³-hybridized carbons (Fsp3) is 0.368. The number of carbonyl (C=O) groups excluding carboxylic acids is 1. The van der Waals surface area contributed by atoms with Gasteiger partial charge in [0, 0.05) is 37.7 Å². The van der Waals surface area contributed by atoms with Gasteiger partial charge >= 0.3 is 0 Å². The number of rotatable bonds is 3. The monoisotopic (exact) mass is 404 g/mol. The SMILES string of the molecule is Nc1nc(N2CCC(C(=O)N3N=CC[C@H]3c3cc(F)cc(F)c3)CC2)ncc1F. The molecule has 1 saturated heterocycles. The van der Waals surface area contributed by atoms with Crippen molar-refractivity contribution in [1.29, 1.82) is 0 Å². The molecule has 7 nitrogen and oxygen atoms in total. The molecule has 10 heteroatoms. The predicted octanol–water partition coefficient (Wildman–Crippen LogP) is 2.65. The lowest BCUT2D eigenvalue weighted by molar-refractivity contribution is -0.138. The molecule has 0 bridgehead atoms. The molecule has 1 aromatic carbocycles. The number of piperidine rings is 1. The van der Waals surface area contributed by atoms with E-state index in [0.717, 1.165) is 12.3 Å². The van der Waals surface area contributed by atoms with Gasteiger partial charge in [-0.15, -0.1) is 0 Å². The van der Waals surface area contributed by atoms with Crippen molar-refractivity contribution in [2.75, 3.05) is 23.7 Å². The van der Waals surface area contributed by atoms with E-state index in [1.807, 2.05) is 4.90 Å². The highest BCUT2D eigenvalue weighted by Gasteiger charge is 2.35. The van der Waals surface area contributed by atoms with Crippen LogP contribution in [0, 0.1) is 23.4 Å². The van der Waals surface area contributed by atoms with Crippen molar-refractivity contribution in [3.63, 3.8) is 0 Å². The first kappa shape index (κ1) is 19.2. The third-order valence-electron chi connectivity index (χ3n) is 5.21. The first-order valence-corrected chi connectivity index (χ1v) is 9.27. The molecule has 2 aromatic rings. The van der Waals surface area contributed by atoms with Crippen LogP contribution in [0.15, 0.2) is 29.5 Å². The molecule has 2 aliphatic rings.